The maximum absolute atomic E-state index is 14.4. The lowest BCUT2D eigenvalue weighted by Gasteiger charge is -2.48. The fraction of sp³-hybridized carbons (Fsp3) is 0.562. The minimum Gasteiger partial charge on any atom is -0.489 e. The second kappa shape index (κ2) is 12.0. The Bertz CT molecular complexity index is 1770. The molecule has 2 atom stereocenters. The molecule has 4 N–H and O–H groups in total. The zero-order valence-electron chi connectivity index (χ0n) is 26.9. The maximum atomic E-state index is 14.4. The van der Waals surface area contributed by atoms with Crippen molar-refractivity contribution in [3.8, 4) is 23.0 Å². The number of methoxy groups -OCH3 is 1. The number of hydrogen-bond donors (Lipinski definition) is 2. The number of rotatable bonds is 6. The van der Waals surface area contributed by atoms with Gasteiger partial charge in [0, 0.05) is 51.2 Å². The van der Waals surface area contributed by atoms with Gasteiger partial charge in [-0.1, -0.05) is 11.6 Å². The lowest BCUT2D eigenvalue weighted by atomic mass is 9.74. The van der Waals surface area contributed by atoms with Crippen LogP contribution in [0.2, 0.25) is 5.02 Å². The van der Waals surface area contributed by atoms with Crippen molar-refractivity contribution in [3.63, 3.8) is 0 Å². The van der Waals surface area contributed by atoms with E-state index in [0.29, 0.717) is 43.7 Å². The Balaban J connectivity index is 1.32. The van der Waals surface area contributed by atoms with Crippen molar-refractivity contribution in [1.82, 2.24) is 24.8 Å². The van der Waals surface area contributed by atoms with Crippen LogP contribution in [0.5, 0.6) is 11.8 Å². The largest absolute Gasteiger partial charge is 0.489 e. The number of nitrogens with two attached hydrogens (primary N) is 2. The molecular formula is C32H38ClF3N8O4. The number of carbonyl (C=O) groups excluding carboxylic acids is 1. The second-order valence-corrected chi connectivity index (χ2v) is 13.7. The second-order valence-electron chi connectivity index (χ2n) is 13.3. The Hall–Kier alpha value is -3.66. The minimum absolute atomic E-state index is 0.0348. The molecule has 258 valence electrons. The zero-order valence-corrected chi connectivity index (χ0v) is 27.7. The summed E-state index contributed by atoms with van der Waals surface area (Å²) in [6.45, 7) is 3.75. The number of aryl methyl sites for hydroxylation is 1. The van der Waals surface area contributed by atoms with Gasteiger partial charge in [-0.3, -0.25) is 4.79 Å². The molecule has 16 heteroatoms. The predicted octanol–water partition coefficient (Wildman–Crippen LogP) is 3.64. The van der Waals surface area contributed by atoms with Gasteiger partial charge in [-0.15, -0.1) is 0 Å². The van der Waals surface area contributed by atoms with Crippen molar-refractivity contribution >= 4 is 40.0 Å². The first-order valence-electron chi connectivity index (χ1n) is 16.0. The van der Waals surface area contributed by atoms with Crippen molar-refractivity contribution in [3.05, 3.63) is 28.3 Å². The van der Waals surface area contributed by atoms with Crippen LogP contribution in [0.25, 0.3) is 22.2 Å². The van der Waals surface area contributed by atoms with E-state index in [4.69, 9.17) is 42.3 Å². The van der Waals surface area contributed by atoms with Gasteiger partial charge in [-0.25, -0.2) is 4.98 Å². The van der Waals surface area contributed by atoms with Crippen molar-refractivity contribution < 1.29 is 32.2 Å². The number of pyridine rings is 1. The first-order chi connectivity index (χ1) is 22.8. The number of anilines is 2. The number of amides is 1. The van der Waals surface area contributed by atoms with Crippen molar-refractivity contribution in [2.24, 2.45) is 5.73 Å². The molecule has 0 unspecified atom stereocenters. The van der Waals surface area contributed by atoms with Crippen LogP contribution in [0.15, 0.2) is 12.1 Å². The van der Waals surface area contributed by atoms with Gasteiger partial charge in [0.15, 0.2) is 5.75 Å². The van der Waals surface area contributed by atoms with E-state index in [1.165, 1.54) is 19.1 Å². The van der Waals surface area contributed by atoms with Crippen molar-refractivity contribution in [1.29, 1.82) is 0 Å². The first kappa shape index (κ1) is 32.9. The van der Waals surface area contributed by atoms with E-state index in [9.17, 15) is 18.0 Å². The summed E-state index contributed by atoms with van der Waals surface area (Å²) in [4.78, 5) is 33.1. The molecule has 7 rings (SSSR count). The quantitative estimate of drug-likeness (QED) is 0.391. The lowest BCUT2D eigenvalue weighted by Crippen LogP contribution is -2.68. The predicted molar refractivity (Wildman–Crippen MR) is 173 cm³/mol. The molecular weight excluding hydrogens is 653 g/mol. The summed E-state index contributed by atoms with van der Waals surface area (Å²) in [6.07, 6.45) is -1.91. The summed E-state index contributed by atoms with van der Waals surface area (Å²) < 4.78 is 61.2. The number of halogens is 4. The van der Waals surface area contributed by atoms with Crippen LogP contribution in [0.3, 0.4) is 0 Å². The Morgan fingerprint density at radius 2 is 1.96 bits per heavy atom. The third kappa shape index (κ3) is 5.63. The Morgan fingerprint density at radius 1 is 1.19 bits per heavy atom. The number of nitrogen functional groups attached to an aromatic ring is 1. The minimum atomic E-state index is -4.74. The highest BCUT2D eigenvalue weighted by Gasteiger charge is 2.50. The molecule has 4 aliphatic rings. The van der Waals surface area contributed by atoms with Crippen LogP contribution < -0.4 is 25.8 Å². The molecule has 1 amide bonds. The number of aromatic nitrogens is 3. The molecule has 3 fully saturated rings. The van der Waals surface area contributed by atoms with Crippen LogP contribution >= 0.6 is 11.6 Å². The molecule has 1 aromatic carbocycles. The number of hydrogen-bond acceptors (Lipinski definition) is 11. The molecule has 3 aliphatic heterocycles. The van der Waals surface area contributed by atoms with E-state index in [-0.39, 0.29) is 76.5 Å². The highest BCUT2D eigenvalue weighted by Crippen LogP contribution is 2.49. The van der Waals surface area contributed by atoms with E-state index in [1.54, 1.807) is 12.0 Å². The Labute approximate surface area is 280 Å². The summed E-state index contributed by atoms with van der Waals surface area (Å²) >= 11 is 6.94. The molecule has 48 heavy (non-hydrogen) atoms. The first-order valence-corrected chi connectivity index (χ1v) is 16.4. The standard InChI is InChI=1S/C32H38ClF3N8O4/c1-16-9-22(37)40-26(24(16)32(34,35)36)20-10-21-23-27(25(20)33)47-15-18-13-43(29(45)31(38)11-19(12-31)46-3)7-8-44(18)28(23)41-30(39-21)48-14-17-5-4-6-42(17)2/h9-10,17-19H,4-8,11-15,38H2,1-3H3,(H2,37,40)/t17-,18-,19?,31?/m0/s1. The van der Waals surface area contributed by atoms with Crippen LogP contribution in [-0.2, 0) is 15.7 Å². The molecule has 0 spiro atoms. The molecule has 2 saturated heterocycles. The summed E-state index contributed by atoms with van der Waals surface area (Å²) in [5, 5.41) is 0.355. The maximum Gasteiger partial charge on any atom is 0.418 e. The van der Waals surface area contributed by atoms with Gasteiger partial charge in [0.25, 0.3) is 0 Å². The topological polar surface area (TPSA) is 145 Å². The number of carbonyl (C=O) groups is 1. The van der Waals surface area contributed by atoms with Crippen LogP contribution in [0, 0.1) is 6.92 Å². The third-order valence-electron chi connectivity index (χ3n) is 10.1. The highest BCUT2D eigenvalue weighted by molar-refractivity contribution is 6.36. The number of likely N-dealkylation sites (tertiary alicyclic amines) is 1. The average molecular weight is 691 g/mol. The molecule has 0 bridgehead atoms. The van der Waals surface area contributed by atoms with E-state index < -0.39 is 23.0 Å². The van der Waals surface area contributed by atoms with Crippen molar-refractivity contribution in [2.45, 2.75) is 62.5 Å². The number of likely N-dealkylation sites (N-methyl/N-ethyl adjacent to an activating group) is 1. The van der Waals surface area contributed by atoms with E-state index in [0.717, 1.165) is 19.4 Å². The molecule has 5 heterocycles. The van der Waals surface area contributed by atoms with Gasteiger partial charge in [-0.05, 0) is 51.1 Å². The monoisotopic (exact) mass is 690 g/mol. The van der Waals surface area contributed by atoms with Gasteiger partial charge < -0.3 is 40.4 Å². The van der Waals surface area contributed by atoms with Crippen LogP contribution in [0.1, 0.15) is 36.8 Å². The molecule has 0 radical (unpaired) electrons. The van der Waals surface area contributed by atoms with Gasteiger partial charge in [0.05, 0.1) is 39.3 Å². The number of piperazine rings is 1. The SMILES string of the molecule is COC1CC(N)(C(=O)N2CCN3c4nc(OC[C@@H]5CCCN5C)nc5cc(-c6nc(N)cc(C)c6C(F)(F)F)c(Cl)c(c45)OC[C@@H]3C2)C1. The lowest BCUT2D eigenvalue weighted by molar-refractivity contribution is -0.147. The van der Waals surface area contributed by atoms with Gasteiger partial charge in [-0.2, -0.15) is 23.1 Å². The van der Waals surface area contributed by atoms with Crippen LogP contribution in [0.4, 0.5) is 24.8 Å². The number of ether oxygens (including phenoxy) is 3. The zero-order chi connectivity index (χ0) is 34.1. The fourth-order valence-corrected chi connectivity index (χ4v) is 7.73. The highest BCUT2D eigenvalue weighted by atomic mass is 35.5. The smallest absolute Gasteiger partial charge is 0.418 e. The Morgan fingerprint density at radius 3 is 2.65 bits per heavy atom. The molecule has 12 nitrogen and oxygen atoms in total. The molecule has 1 aliphatic carbocycles. The Kier molecular flexibility index (Phi) is 8.24. The molecule has 2 aromatic heterocycles. The normalized spacial score (nSPS) is 25.8. The summed E-state index contributed by atoms with van der Waals surface area (Å²) in [6, 6.07) is 2.51. The summed E-state index contributed by atoms with van der Waals surface area (Å²) in [5.74, 6) is 0.346. The number of nitrogens with zero attached hydrogens (tertiary/aromatic N) is 6. The number of fused-ring (bicyclic) bond motifs is 2. The van der Waals surface area contributed by atoms with Gasteiger partial charge in [0.2, 0.25) is 5.91 Å². The van der Waals surface area contributed by atoms with E-state index >= 15 is 0 Å². The van der Waals surface area contributed by atoms with Crippen molar-refractivity contribution in [2.75, 3.05) is 64.2 Å². The van der Waals surface area contributed by atoms with Crippen LogP contribution in [-0.4, -0.2) is 108 Å². The van der Waals surface area contributed by atoms with Gasteiger partial charge >= 0.3 is 12.2 Å². The molecule has 1 saturated carbocycles. The van der Waals surface area contributed by atoms with E-state index in [1.807, 2.05) is 11.9 Å². The average Bonchev–Trinajstić information content (AvgIpc) is 3.35. The summed E-state index contributed by atoms with van der Waals surface area (Å²) in [5.41, 5.74) is 10.2. The summed E-state index contributed by atoms with van der Waals surface area (Å²) in [7, 11) is 3.63. The number of benzene rings is 1. The number of alkyl halides is 3. The van der Waals surface area contributed by atoms with Gasteiger partial charge in [0.1, 0.15) is 30.4 Å². The third-order valence-corrected chi connectivity index (χ3v) is 10.5. The fourth-order valence-electron chi connectivity index (χ4n) is 7.44. The van der Waals surface area contributed by atoms with E-state index in [2.05, 4.69) is 14.9 Å². The molecule has 3 aromatic rings.